The van der Waals surface area contributed by atoms with Crippen LogP contribution in [0.1, 0.15) is 21.5 Å². The lowest BCUT2D eigenvalue weighted by atomic mass is 10.1. The van der Waals surface area contributed by atoms with E-state index in [2.05, 4.69) is 0 Å². The van der Waals surface area contributed by atoms with E-state index in [1.807, 2.05) is 61.5 Å². The van der Waals surface area contributed by atoms with Crippen LogP contribution in [0.4, 0.5) is 0 Å². The van der Waals surface area contributed by atoms with E-state index in [9.17, 15) is 4.79 Å². The molecular formula is C26H29NO5. The Labute approximate surface area is 189 Å². The molecule has 0 radical (unpaired) electrons. The van der Waals surface area contributed by atoms with E-state index < -0.39 is 0 Å². The van der Waals surface area contributed by atoms with Crippen LogP contribution in [0.5, 0.6) is 23.0 Å². The number of aryl methyl sites for hydroxylation is 1. The van der Waals surface area contributed by atoms with Crippen molar-refractivity contribution in [1.29, 1.82) is 0 Å². The first-order valence-corrected chi connectivity index (χ1v) is 10.4. The molecule has 32 heavy (non-hydrogen) atoms. The molecule has 0 saturated heterocycles. The van der Waals surface area contributed by atoms with Crippen molar-refractivity contribution >= 4 is 5.91 Å². The van der Waals surface area contributed by atoms with Crippen molar-refractivity contribution in [2.75, 3.05) is 34.4 Å². The van der Waals surface area contributed by atoms with Gasteiger partial charge in [-0.2, -0.15) is 0 Å². The molecule has 0 aliphatic rings. The molecular weight excluding hydrogens is 406 g/mol. The Hall–Kier alpha value is -3.67. The van der Waals surface area contributed by atoms with Crippen LogP contribution in [0.15, 0.2) is 66.7 Å². The van der Waals surface area contributed by atoms with E-state index in [0.717, 1.165) is 16.9 Å². The van der Waals surface area contributed by atoms with Crippen LogP contribution in [0.2, 0.25) is 0 Å². The normalized spacial score (nSPS) is 10.4. The third kappa shape index (κ3) is 5.94. The van der Waals surface area contributed by atoms with Gasteiger partial charge in [-0.1, -0.05) is 42.5 Å². The number of nitrogens with zero attached hydrogens (tertiary/aromatic N) is 1. The summed E-state index contributed by atoms with van der Waals surface area (Å²) < 4.78 is 22.7. The summed E-state index contributed by atoms with van der Waals surface area (Å²) in [6.07, 6.45) is 0. The Morgan fingerprint density at radius 1 is 0.875 bits per heavy atom. The zero-order valence-corrected chi connectivity index (χ0v) is 19.0. The largest absolute Gasteiger partial charge is 0.493 e. The molecule has 0 heterocycles. The van der Waals surface area contributed by atoms with E-state index in [1.165, 1.54) is 14.2 Å². The van der Waals surface area contributed by atoms with Crippen molar-refractivity contribution < 1.29 is 23.7 Å². The van der Waals surface area contributed by atoms with E-state index in [4.69, 9.17) is 18.9 Å². The Morgan fingerprint density at radius 2 is 1.56 bits per heavy atom. The van der Waals surface area contributed by atoms with Gasteiger partial charge >= 0.3 is 0 Å². The Bertz CT molecular complexity index is 1010. The third-order valence-electron chi connectivity index (χ3n) is 4.97. The van der Waals surface area contributed by atoms with Gasteiger partial charge in [-0.3, -0.25) is 4.79 Å². The van der Waals surface area contributed by atoms with Gasteiger partial charge < -0.3 is 23.8 Å². The lowest BCUT2D eigenvalue weighted by molar-refractivity contribution is 0.0773. The number of carbonyl (C=O) groups is 1. The second-order valence-electron chi connectivity index (χ2n) is 7.38. The summed E-state index contributed by atoms with van der Waals surface area (Å²) in [5, 5.41) is 0. The van der Waals surface area contributed by atoms with Crippen molar-refractivity contribution in [1.82, 2.24) is 4.90 Å². The summed E-state index contributed by atoms with van der Waals surface area (Å²) in [5.41, 5.74) is 2.59. The summed E-state index contributed by atoms with van der Waals surface area (Å²) in [5.74, 6) is 1.96. The summed E-state index contributed by atoms with van der Waals surface area (Å²) in [4.78, 5) is 14.6. The van der Waals surface area contributed by atoms with Crippen molar-refractivity contribution in [3.05, 3.63) is 83.4 Å². The maximum Gasteiger partial charge on any atom is 0.253 e. The molecule has 0 N–H and O–H groups in total. The summed E-state index contributed by atoms with van der Waals surface area (Å²) in [7, 11) is 4.82. The maximum absolute atomic E-state index is 13.0. The van der Waals surface area contributed by atoms with Crippen LogP contribution in [-0.2, 0) is 6.61 Å². The molecule has 3 rings (SSSR count). The van der Waals surface area contributed by atoms with Gasteiger partial charge in [-0.25, -0.2) is 0 Å². The monoisotopic (exact) mass is 435 g/mol. The molecule has 0 fully saturated rings. The van der Waals surface area contributed by atoms with Crippen molar-refractivity contribution in [2.24, 2.45) is 0 Å². The van der Waals surface area contributed by atoms with Gasteiger partial charge in [-0.05, 0) is 42.3 Å². The number of hydrogen-bond acceptors (Lipinski definition) is 5. The molecule has 3 aromatic rings. The molecule has 0 saturated carbocycles. The molecule has 3 aromatic carbocycles. The average molecular weight is 436 g/mol. The first-order chi connectivity index (χ1) is 15.5. The molecule has 0 bridgehead atoms. The van der Waals surface area contributed by atoms with Gasteiger partial charge in [-0.15, -0.1) is 0 Å². The van der Waals surface area contributed by atoms with Crippen LogP contribution in [-0.4, -0.2) is 45.2 Å². The summed E-state index contributed by atoms with van der Waals surface area (Å²) in [6.45, 7) is 3.19. The lowest BCUT2D eigenvalue weighted by Crippen LogP contribution is -2.31. The molecule has 0 unspecified atom stereocenters. The fourth-order valence-electron chi connectivity index (χ4n) is 3.20. The smallest absolute Gasteiger partial charge is 0.253 e. The number of hydrogen-bond donors (Lipinski definition) is 0. The number of ether oxygens (including phenoxy) is 4. The first kappa shape index (κ1) is 23.0. The number of amides is 1. The van der Waals surface area contributed by atoms with Crippen LogP contribution < -0.4 is 18.9 Å². The van der Waals surface area contributed by atoms with Gasteiger partial charge in [0.25, 0.3) is 5.91 Å². The maximum atomic E-state index is 13.0. The van der Waals surface area contributed by atoms with E-state index in [1.54, 1.807) is 24.1 Å². The Morgan fingerprint density at radius 3 is 2.19 bits per heavy atom. The average Bonchev–Trinajstić information content (AvgIpc) is 2.82. The van der Waals surface area contributed by atoms with Gasteiger partial charge in [0.15, 0.2) is 11.5 Å². The minimum absolute atomic E-state index is 0.163. The summed E-state index contributed by atoms with van der Waals surface area (Å²) in [6, 6.07) is 21.0. The minimum atomic E-state index is -0.163. The predicted molar refractivity (Wildman–Crippen MR) is 124 cm³/mol. The van der Waals surface area contributed by atoms with Crippen LogP contribution in [0.25, 0.3) is 0 Å². The molecule has 168 valence electrons. The molecule has 0 aliphatic carbocycles. The van der Waals surface area contributed by atoms with Crippen LogP contribution in [0.3, 0.4) is 0 Å². The van der Waals surface area contributed by atoms with Crippen molar-refractivity contribution in [3.63, 3.8) is 0 Å². The Balaban J connectivity index is 1.68. The Kier molecular flexibility index (Phi) is 7.97. The minimum Gasteiger partial charge on any atom is -0.493 e. The fourth-order valence-corrected chi connectivity index (χ4v) is 3.20. The highest BCUT2D eigenvalue weighted by Crippen LogP contribution is 2.39. The molecule has 0 aliphatic heterocycles. The predicted octanol–water partition coefficient (Wildman–Crippen LogP) is 4.74. The SMILES string of the molecule is COc1cc(C(=O)N(C)CCOc2cccc(C)c2)cc(OC)c1OCc1ccccc1. The number of rotatable bonds is 10. The van der Waals surface area contributed by atoms with Gasteiger partial charge in [0.05, 0.1) is 20.8 Å². The van der Waals surface area contributed by atoms with Crippen LogP contribution in [0, 0.1) is 6.92 Å². The quantitative estimate of drug-likeness (QED) is 0.460. The topological polar surface area (TPSA) is 57.2 Å². The molecule has 0 atom stereocenters. The van der Waals surface area contributed by atoms with Crippen LogP contribution >= 0.6 is 0 Å². The second kappa shape index (κ2) is 11.1. The zero-order valence-electron chi connectivity index (χ0n) is 19.0. The van der Waals surface area contributed by atoms with E-state index in [0.29, 0.717) is 42.6 Å². The molecule has 0 spiro atoms. The van der Waals surface area contributed by atoms with Gasteiger partial charge in [0, 0.05) is 12.6 Å². The standard InChI is InChI=1S/C26H29NO5/c1-19-9-8-12-22(15-19)31-14-13-27(2)26(28)21-16-23(29-3)25(24(17-21)30-4)32-18-20-10-6-5-7-11-20/h5-12,15-17H,13-14,18H2,1-4H3. The fraction of sp³-hybridized carbons (Fsp3) is 0.269. The van der Waals surface area contributed by atoms with E-state index in [-0.39, 0.29) is 5.91 Å². The zero-order chi connectivity index (χ0) is 22.9. The van der Waals surface area contributed by atoms with Gasteiger partial charge in [0.2, 0.25) is 5.75 Å². The number of carbonyl (C=O) groups excluding carboxylic acids is 1. The molecule has 6 nitrogen and oxygen atoms in total. The highest BCUT2D eigenvalue weighted by molar-refractivity contribution is 5.95. The third-order valence-corrected chi connectivity index (χ3v) is 4.97. The highest BCUT2D eigenvalue weighted by Gasteiger charge is 2.20. The second-order valence-corrected chi connectivity index (χ2v) is 7.38. The van der Waals surface area contributed by atoms with Crippen molar-refractivity contribution in [3.8, 4) is 23.0 Å². The number of likely N-dealkylation sites (N-methyl/N-ethyl adjacent to an activating group) is 1. The van der Waals surface area contributed by atoms with Gasteiger partial charge in [0.1, 0.15) is 19.0 Å². The lowest BCUT2D eigenvalue weighted by Gasteiger charge is -2.20. The van der Waals surface area contributed by atoms with E-state index >= 15 is 0 Å². The summed E-state index contributed by atoms with van der Waals surface area (Å²) >= 11 is 0. The number of methoxy groups -OCH3 is 2. The molecule has 0 aromatic heterocycles. The number of benzene rings is 3. The molecule has 1 amide bonds. The first-order valence-electron chi connectivity index (χ1n) is 10.4. The van der Waals surface area contributed by atoms with Crippen molar-refractivity contribution in [2.45, 2.75) is 13.5 Å². The highest BCUT2D eigenvalue weighted by atomic mass is 16.5. The molecule has 6 heteroatoms.